The van der Waals surface area contributed by atoms with Crippen molar-refractivity contribution >= 4 is 22.4 Å². The molecule has 0 aliphatic rings. The Labute approximate surface area is 101 Å². The Morgan fingerprint density at radius 2 is 1.82 bits per heavy atom. The molecule has 0 saturated heterocycles. The average molecular weight is 227 g/mol. The summed E-state index contributed by atoms with van der Waals surface area (Å²) < 4.78 is 0. The summed E-state index contributed by atoms with van der Waals surface area (Å²) in [5.41, 5.74) is 6.75. The number of rotatable bonds is 2. The van der Waals surface area contributed by atoms with Gasteiger partial charge < -0.3 is 11.1 Å². The first-order valence-electron chi connectivity index (χ1n) is 5.74. The van der Waals surface area contributed by atoms with E-state index in [2.05, 4.69) is 34.6 Å². The number of nitrogens with two attached hydrogens (primary N) is 1. The van der Waals surface area contributed by atoms with E-state index < -0.39 is 0 Å². The zero-order valence-electron chi connectivity index (χ0n) is 10.1. The summed E-state index contributed by atoms with van der Waals surface area (Å²) in [4.78, 5) is 4.24. The maximum atomic E-state index is 5.79. The van der Waals surface area contributed by atoms with Crippen LogP contribution >= 0.6 is 0 Å². The van der Waals surface area contributed by atoms with Gasteiger partial charge in [-0.3, -0.25) is 4.99 Å². The Kier molecular flexibility index (Phi) is 3.28. The molecule has 3 heteroatoms. The Morgan fingerprint density at radius 1 is 1.12 bits per heavy atom. The van der Waals surface area contributed by atoms with Gasteiger partial charge in [0.2, 0.25) is 0 Å². The molecule has 0 heterocycles. The fourth-order valence-corrected chi connectivity index (χ4v) is 1.73. The van der Waals surface area contributed by atoms with E-state index in [0.29, 0.717) is 5.96 Å². The Bertz CT molecular complexity index is 544. The molecule has 0 saturated carbocycles. The van der Waals surface area contributed by atoms with E-state index in [1.54, 1.807) is 0 Å². The maximum Gasteiger partial charge on any atom is 0.193 e. The van der Waals surface area contributed by atoms with Crippen LogP contribution in [0, 0.1) is 0 Å². The van der Waals surface area contributed by atoms with Crippen molar-refractivity contribution in [1.82, 2.24) is 0 Å². The van der Waals surface area contributed by atoms with Gasteiger partial charge in [0.15, 0.2) is 5.96 Å². The van der Waals surface area contributed by atoms with Crippen LogP contribution in [0.1, 0.15) is 13.8 Å². The normalized spacial score (nSPS) is 12.1. The third kappa shape index (κ3) is 2.97. The quantitative estimate of drug-likeness (QED) is 0.612. The van der Waals surface area contributed by atoms with Crippen molar-refractivity contribution in [1.29, 1.82) is 0 Å². The number of fused-ring (bicyclic) bond motifs is 1. The minimum atomic E-state index is 0.197. The van der Waals surface area contributed by atoms with Crippen molar-refractivity contribution in [2.45, 2.75) is 19.9 Å². The molecule has 0 radical (unpaired) electrons. The van der Waals surface area contributed by atoms with E-state index >= 15 is 0 Å². The predicted molar refractivity (Wildman–Crippen MR) is 74.3 cm³/mol. The first kappa shape index (κ1) is 11.5. The molecule has 88 valence electrons. The van der Waals surface area contributed by atoms with Crippen LogP contribution in [-0.2, 0) is 0 Å². The van der Waals surface area contributed by atoms with Gasteiger partial charge in [0.25, 0.3) is 0 Å². The summed E-state index contributed by atoms with van der Waals surface area (Å²) in [6, 6.07) is 14.6. The molecule has 0 amide bonds. The highest BCUT2D eigenvalue weighted by atomic mass is 15.1. The smallest absolute Gasteiger partial charge is 0.193 e. The van der Waals surface area contributed by atoms with Crippen LogP contribution in [0.3, 0.4) is 0 Å². The molecule has 0 aliphatic heterocycles. The van der Waals surface area contributed by atoms with Crippen LogP contribution in [0.15, 0.2) is 47.5 Å². The maximum absolute atomic E-state index is 5.79. The van der Waals surface area contributed by atoms with Gasteiger partial charge in [-0.1, -0.05) is 30.3 Å². The molecule has 3 N–H and O–H groups in total. The zero-order chi connectivity index (χ0) is 12.3. The minimum absolute atomic E-state index is 0.197. The number of benzene rings is 2. The van der Waals surface area contributed by atoms with Gasteiger partial charge in [-0.05, 0) is 36.8 Å². The number of aliphatic imine (C=N–C) groups is 1. The summed E-state index contributed by atoms with van der Waals surface area (Å²) in [7, 11) is 0. The summed E-state index contributed by atoms with van der Waals surface area (Å²) in [5, 5.41) is 5.50. The third-order valence-electron chi connectivity index (χ3n) is 2.42. The van der Waals surface area contributed by atoms with Crippen molar-refractivity contribution < 1.29 is 0 Å². The van der Waals surface area contributed by atoms with Crippen LogP contribution in [0.5, 0.6) is 0 Å². The molecule has 0 atom stereocenters. The van der Waals surface area contributed by atoms with Gasteiger partial charge in [0.05, 0.1) is 0 Å². The van der Waals surface area contributed by atoms with Crippen molar-refractivity contribution in [3.63, 3.8) is 0 Å². The lowest BCUT2D eigenvalue weighted by molar-refractivity contribution is 0.833. The zero-order valence-corrected chi connectivity index (χ0v) is 10.1. The summed E-state index contributed by atoms with van der Waals surface area (Å²) in [5.74, 6) is 0.454. The first-order chi connectivity index (χ1) is 8.15. The predicted octanol–water partition coefficient (Wildman–Crippen LogP) is 2.97. The molecule has 0 unspecified atom stereocenters. The van der Waals surface area contributed by atoms with Gasteiger partial charge in [-0.2, -0.15) is 0 Å². The Balaban J connectivity index is 2.25. The van der Waals surface area contributed by atoms with Crippen molar-refractivity contribution in [3.05, 3.63) is 42.5 Å². The lowest BCUT2D eigenvalue weighted by Crippen LogP contribution is -2.23. The summed E-state index contributed by atoms with van der Waals surface area (Å²) in [6.07, 6.45) is 0. The number of nitrogens with zero attached hydrogens (tertiary/aromatic N) is 1. The molecular weight excluding hydrogens is 210 g/mol. The van der Waals surface area contributed by atoms with Gasteiger partial charge in [0.1, 0.15) is 0 Å². The average Bonchev–Trinajstić information content (AvgIpc) is 2.27. The molecule has 0 aromatic heterocycles. The first-order valence-corrected chi connectivity index (χ1v) is 5.74. The van der Waals surface area contributed by atoms with E-state index in [1.165, 1.54) is 10.8 Å². The van der Waals surface area contributed by atoms with E-state index in [1.807, 2.05) is 32.0 Å². The molecular formula is C14H17N3. The van der Waals surface area contributed by atoms with E-state index in [0.717, 1.165) is 5.69 Å². The second-order valence-corrected chi connectivity index (χ2v) is 4.30. The van der Waals surface area contributed by atoms with Crippen molar-refractivity contribution in [2.24, 2.45) is 10.7 Å². The summed E-state index contributed by atoms with van der Waals surface area (Å²) in [6.45, 7) is 3.99. The highest BCUT2D eigenvalue weighted by Gasteiger charge is 1.98. The van der Waals surface area contributed by atoms with Crippen LogP contribution in [0.4, 0.5) is 5.69 Å². The molecule has 0 bridgehead atoms. The van der Waals surface area contributed by atoms with E-state index in [-0.39, 0.29) is 6.04 Å². The third-order valence-corrected chi connectivity index (χ3v) is 2.42. The van der Waals surface area contributed by atoms with Crippen molar-refractivity contribution in [3.8, 4) is 0 Å². The lowest BCUT2D eigenvalue weighted by Gasteiger charge is -2.08. The lowest BCUT2D eigenvalue weighted by atomic mass is 10.1. The Morgan fingerprint density at radius 3 is 2.53 bits per heavy atom. The second kappa shape index (κ2) is 4.87. The van der Waals surface area contributed by atoms with Crippen LogP contribution < -0.4 is 11.1 Å². The number of nitrogens with one attached hydrogen (secondary N) is 1. The largest absolute Gasteiger partial charge is 0.370 e. The minimum Gasteiger partial charge on any atom is -0.370 e. The molecule has 3 nitrogen and oxygen atoms in total. The molecule has 2 rings (SSSR count). The van der Waals surface area contributed by atoms with Gasteiger partial charge in [-0.15, -0.1) is 0 Å². The number of anilines is 1. The van der Waals surface area contributed by atoms with Crippen LogP contribution in [-0.4, -0.2) is 12.0 Å². The SMILES string of the molecule is CC(C)N=C(N)Nc1ccc2ccccc2c1. The fourth-order valence-electron chi connectivity index (χ4n) is 1.73. The topological polar surface area (TPSA) is 50.4 Å². The van der Waals surface area contributed by atoms with Gasteiger partial charge in [-0.25, -0.2) is 0 Å². The van der Waals surface area contributed by atoms with Gasteiger partial charge >= 0.3 is 0 Å². The van der Waals surface area contributed by atoms with Crippen molar-refractivity contribution in [2.75, 3.05) is 5.32 Å². The molecule has 2 aromatic rings. The van der Waals surface area contributed by atoms with Crippen LogP contribution in [0.25, 0.3) is 10.8 Å². The highest BCUT2D eigenvalue weighted by molar-refractivity contribution is 5.95. The number of hydrogen-bond acceptors (Lipinski definition) is 1. The molecule has 0 aliphatic carbocycles. The molecule has 2 aromatic carbocycles. The monoisotopic (exact) mass is 227 g/mol. The van der Waals surface area contributed by atoms with Gasteiger partial charge in [0, 0.05) is 11.7 Å². The van der Waals surface area contributed by atoms with E-state index in [4.69, 9.17) is 5.73 Å². The van der Waals surface area contributed by atoms with E-state index in [9.17, 15) is 0 Å². The highest BCUT2D eigenvalue weighted by Crippen LogP contribution is 2.18. The molecule has 17 heavy (non-hydrogen) atoms. The number of guanidine groups is 1. The second-order valence-electron chi connectivity index (χ2n) is 4.30. The summed E-state index contributed by atoms with van der Waals surface area (Å²) >= 11 is 0. The Hall–Kier alpha value is -2.03. The van der Waals surface area contributed by atoms with Crippen LogP contribution in [0.2, 0.25) is 0 Å². The number of hydrogen-bond donors (Lipinski definition) is 2. The molecule has 0 fully saturated rings. The standard InChI is InChI=1S/C14H17N3/c1-10(2)16-14(15)17-13-8-7-11-5-3-4-6-12(11)9-13/h3-10H,1-2H3,(H3,15,16,17). The molecule has 0 spiro atoms. The fraction of sp³-hybridized carbons (Fsp3) is 0.214.